The Hall–Kier alpha value is -17.2. The molecule has 8 heteroatoms. The fourth-order valence-electron chi connectivity index (χ4n) is 22.0. The maximum Gasteiger partial charge on any atom is 0.0972 e. The molecule has 24 aromatic rings. The molecule has 8 heterocycles. The van der Waals surface area contributed by atoms with Crippen molar-refractivity contribution in [3.05, 3.63) is 470 Å². The molecule has 0 amide bonds. The average molecular weight is 1750 g/mol. The van der Waals surface area contributed by atoms with E-state index in [0.717, 1.165) is 139 Å². The highest BCUT2D eigenvalue weighted by molar-refractivity contribution is 6.09. The molecule has 0 N–H and O–H groups in total. The van der Waals surface area contributed by atoms with Crippen molar-refractivity contribution in [3.8, 4) is 145 Å². The summed E-state index contributed by atoms with van der Waals surface area (Å²) in [5.74, 6) is 0. The van der Waals surface area contributed by atoms with Gasteiger partial charge in [0.05, 0.1) is 78.3 Å². The Labute approximate surface area is 795 Å². The van der Waals surface area contributed by atoms with Crippen LogP contribution in [0.1, 0.15) is 74.9 Å². The van der Waals surface area contributed by atoms with E-state index in [1.807, 2.05) is 42.7 Å². The normalized spacial score (nSPS) is 13.2. The number of pyridine rings is 8. The second-order valence-corrected chi connectivity index (χ2v) is 37.9. The quantitative estimate of drug-likeness (QED) is 0.125. The average Bonchev–Trinajstić information content (AvgIpc) is 1.56. The molecule has 137 heavy (non-hydrogen) atoms. The largest absolute Gasteiger partial charge is 0.256 e. The van der Waals surface area contributed by atoms with Gasteiger partial charge in [-0.15, -0.1) is 0 Å². The topological polar surface area (TPSA) is 103 Å². The summed E-state index contributed by atoms with van der Waals surface area (Å²) in [7, 11) is 0. The monoisotopic (exact) mass is 1750 g/mol. The molecule has 0 radical (unpaired) electrons. The van der Waals surface area contributed by atoms with Crippen LogP contribution in [-0.2, 0) is 16.2 Å². The van der Waals surface area contributed by atoms with Crippen LogP contribution in [0.5, 0.6) is 0 Å². The standard InChI is InChI=1S/C48H33N3.C42H29N3.C39H28N2/c1-48(2)39-17-8-6-15-37(39)47-44(48)43(38-16-7-9-18-42(38)51-47)32-21-19-30(20-22-32)35-13-10-14-36(29-35)41-28-26-34-24-23-33-25-27-40(31-11-4-3-5-12-31)49-45(33)46(34)50-41;1-42(2)34-14-5-3-12-32(34)41-38(42)37(33-13-4-6-15-36(33)45-41)27-18-16-26(17-19-27)30-9-7-10-31(25-30)35-23-22-29-21-20-28-11-8-24-43-39(28)40(29)44-35;1-39(2)33-17-5-3-14-31(33)38-36(39)35(32-15-4-6-18-34(32)41-38)26-21-19-25(20-22-26)28-11-7-12-29(24-28)30-16-8-10-27-13-9-23-40-37(27)30/h3-29H,1-2H3;3-25H,1-2H3;3-24H,1-2H3. The highest BCUT2D eigenvalue weighted by atomic mass is 14.8. The van der Waals surface area contributed by atoms with Crippen LogP contribution >= 0.6 is 0 Å². The summed E-state index contributed by atoms with van der Waals surface area (Å²) in [4.78, 5) is 40.4. The molecule has 8 aromatic heterocycles. The van der Waals surface area contributed by atoms with E-state index in [0.29, 0.717) is 0 Å². The number of fused-ring (bicyclic) bond motifs is 19. The van der Waals surface area contributed by atoms with Gasteiger partial charge >= 0.3 is 0 Å². The summed E-state index contributed by atoms with van der Waals surface area (Å²) >= 11 is 0. The fourth-order valence-corrected chi connectivity index (χ4v) is 22.0. The van der Waals surface area contributed by atoms with E-state index < -0.39 is 0 Å². The first-order valence-corrected chi connectivity index (χ1v) is 47.2. The van der Waals surface area contributed by atoms with Crippen LogP contribution in [-0.4, -0.2) is 39.9 Å². The van der Waals surface area contributed by atoms with E-state index in [-0.39, 0.29) is 16.2 Å². The van der Waals surface area contributed by atoms with Gasteiger partial charge in [0.2, 0.25) is 0 Å². The Kier molecular flexibility index (Phi) is 19.5. The van der Waals surface area contributed by atoms with Crippen LogP contribution in [0.3, 0.4) is 0 Å². The lowest BCUT2D eigenvalue weighted by molar-refractivity contribution is 0.661. The molecule has 0 bridgehead atoms. The minimum absolute atomic E-state index is 0.141. The zero-order valence-corrected chi connectivity index (χ0v) is 76.6. The SMILES string of the molecule is CC1(C)c2ccccc2-c2nc3ccccc3c(-c3ccc(-c4cccc(-c5ccc6ccc7ccc(-c8ccccc8)nc7c6n5)c4)cc3)c21.CC1(C)c2ccccc2-c2nc3ccccc3c(-c3ccc(-c4cccc(-c5ccc6ccc7cccnc7c6n5)c4)cc3)c21.CC1(C)c2ccccc2-c2nc3ccccc3c(-c3ccc(-c4cccc(-c5cccc6cccnc56)c4)cc3)c21. The minimum Gasteiger partial charge on any atom is -0.256 e. The van der Waals surface area contributed by atoms with Crippen LogP contribution in [0.15, 0.2) is 437 Å². The van der Waals surface area contributed by atoms with Gasteiger partial charge in [-0.25, -0.2) is 29.9 Å². The lowest BCUT2D eigenvalue weighted by Gasteiger charge is -2.25. The van der Waals surface area contributed by atoms with Crippen molar-refractivity contribution in [2.45, 2.75) is 57.8 Å². The van der Waals surface area contributed by atoms with Crippen LogP contribution in [0.2, 0.25) is 0 Å². The van der Waals surface area contributed by atoms with E-state index >= 15 is 0 Å². The van der Waals surface area contributed by atoms with Gasteiger partial charge in [0.15, 0.2) is 0 Å². The van der Waals surface area contributed by atoms with Crippen LogP contribution in [0.25, 0.3) is 233 Å². The van der Waals surface area contributed by atoms with Gasteiger partial charge in [0.25, 0.3) is 0 Å². The number of rotatable bonds is 10. The third-order valence-electron chi connectivity index (χ3n) is 28.8. The fraction of sp³-hybridized carbons (Fsp3) is 0.0698. The van der Waals surface area contributed by atoms with Crippen molar-refractivity contribution < 1.29 is 0 Å². The number of para-hydroxylation sites is 4. The smallest absolute Gasteiger partial charge is 0.0972 e. The first kappa shape index (κ1) is 81.8. The summed E-state index contributed by atoms with van der Waals surface area (Å²) < 4.78 is 0. The summed E-state index contributed by atoms with van der Waals surface area (Å²) in [6.45, 7) is 14.0. The molecule has 0 saturated carbocycles. The summed E-state index contributed by atoms with van der Waals surface area (Å²) in [5.41, 5.74) is 45.3. The molecule has 3 aliphatic rings. The molecule has 8 nitrogen and oxygen atoms in total. The third kappa shape index (κ3) is 13.9. The minimum atomic E-state index is -0.165. The van der Waals surface area contributed by atoms with Crippen molar-refractivity contribution in [2.24, 2.45) is 0 Å². The van der Waals surface area contributed by atoms with Crippen molar-refractivity contribution in [3.63, 3.8) is 0 Å². The molecule has 0 aliphatic heterocycles. The number of aromatic nitrogens is 8. The van der Waals surface area contributed by atoms with Gasteiger partial charge in [-0.3, -0.25) is 9.97 Å². The van der Waals surface area contributed by atoms with Crippen molar-refractivity contribution in [2.75, 3.05) is 0 Å². The molecular formula is C129H90N8. The lowest BCUT2D eigenvalue weighted by Crippen LogP contribution is -2.16. The Morgan fingerprint density at radius 2 is 0.453 bits per heavy atom. The zero-order valence-electron chi connectivity index (χ0n) is 76.6. The van der Waals surface area contributed by atoms with Crippen molar-refractivity contribution >= 4 is 87.2 Å². The Morgan fingerprint density at radius 1 is 0.175 bits per heavy atom. The van der Waals surface area contributed by atoms with Gasteiger partial charge in [-0.1, -0.05) is 399 Å². The summed E-state index contributed by atoms with van der Waals surface area (Å²) in [5, 5.41) is 9.09. The third-order valence-corrected chi connectivity index (χ3v) is 28.8. The van der Waals surface area contributed by atoms with Crippen LogP contribution in [0.4, 0.5) is 0 Å². The molecule has 0 saturated heterocycles. The Balaban J connectivity index is 0.000000110. The summed E-state index contributed by atoms with van der Waals surface area (Å²) in [6.07, 6.45) is 3.71. The van der Waals surface area contributed by atoms with Gasteiger partial charge in [0.1, 0.15) is 0 Å². The first-order valence-electron chi connectivity index (χ1n) is 47.2. The zero-order chi connectivity index (χ0) is 91.8. The predicted octanol–water partition coefficient (Wildman–Crippen LogP) is 33.0. The van der Waals surface area contributed by atoms with Crippen molar-refractivity contribution in [1.29, 1.82) is 0 Å². The van der Waals surface area contributed by atoms with E-state index in [2.05, 4.69) is 446 Å². The first-order chi connectivity index (χ1) is 67.2. The van der Waals surface area contributed by atoms with Crippen molar-refractivity contribution in [1.82, 2.24) is 39.9 Å². The second-order valence-electron chi connectivity index (χ2n) is 37.9. The van der Waals surface area contributed by atoms with Gasteiger partial charge in [-0.2, -0.15) is 0 Å². The summed E-state index contributed by atoms with van der Waals surface area (Å²) in [6, 6.07) is 151. The lowest BCUT2D eigenvalue weighted by atomic mass is 9.78. The van der Waals surface area contributed by atoms with Crippen LogP contribution in [0, 0.1) is 0 Å². The number of hydrogen-bond acceptors (Lipinski definition) is 8. The predicted molar refractivity (Wildman–Crippen MR) is 569 cm³/mol. The molecule has 0 fully saturated rings. The number of hydrogen-bond donors (Lipinski definition) is 0. The Bertz CT molecular complexity index is 9040. The number of benzene rings is 16. The maximum absolute atomic E-state index is 5.23. The van der Waals surface area contributed by atoms with Gasteiger partial charge < -0.3 is 0 Å². The van der Waals surface area contributed by atoms with E-state index in [9.17, 15) is 0 Å². The molecule has 27 rings (SSSR count). The van der Waals surface area contributed by atoms with Crippen LogP contribution < -0.4 is 0 Å². The molecule has 3 aliphatic carbocycles. The molecule has 16 aromatic carbocycles. The second kappa shape index (κ2) is 32.6. The van der Waals surface area contributed by atoms with Gasteiger partial charge in [0, 0.05) is 111 Å². The van der Waals surface area contributed by atoms with E-state index in [1.165, 1.54) is 127 Å². The maximum atomic E-state index is 5.23. The molecule has 646 valence electrons. The highest BCUT2D eigenvalue weighted by Crippen LogP contribution is 2.57. The molecule has 0 unspecified atom stereocenters. The number of nitrogens with zero attached hydrogens (tertiary/aromatic N) is 8. The van der Waals surface area contributed by atoms with E-state index in [1.54, 1.807) is 0 Å². The molecular weight excluding hydrogens is 1660 g/mol. The highest BCUT2D eigenvalue weighted by Gasteiger charge is 2.43. The van der Waals surface area contributed by atoms with E-state index in [4.69, 9.17) is 29.9 Å². The van der Waals surface area contributed by atoms with Gasteiger partial charge in [-0.05, 0) is 172 Å². The molecule has 0 spiro atoms. The molecule has 0 atom stereocenters. The Morgan fingerprint density at radius 3 is 0.861 bits per heavy atom.